The van der Waals surface area contributed by atoms with Gasteiger partial charge in [0.2, 0.25) is 0 Å². The average molecular weight is 251 g/mol. The number of nitrogens with one attached hydrogen (secondary N) is 1. The zero-order valence-corrected chi connectivity index (χ0v) is 10.9. The van der Waals surface area contributed by atoms with Gasteiger partial charge in [-0.25, -0.2) is 0 Å². The minimum absolute atomic E-state index is 0.439. The summed E-state index contributed by atoms with van der Waals surface area (Å²) >= 11 is 0. The largest absolute Gasteiger partial charge is 0.382 e. The van der Waals surface area contributed by atoms with Crippen LogP contribution in [0.25, 0.3) is 0 Å². The molecular formula is C14H21NO3. The maximum atomic E-state index is 5.51. The molecule has 1 unspecified atom stereocenters. The number of methoxy groups -OCH3 is 1. The van der Waals surface area contributed by atoms with Crippen molar-refractivity contribution in [3.8, 4) is 0 Å². The van der Waals surface area contributed by atoms with Gasteiger partial charge in [-0.3, -0.25) is 0 Å². The van der Waals surface area contributed by atoms with E-state index in [0.717, 1.165) is 25.3 Å². The molecule has 4 nitrogen and oxygen atoms in total. The number of hydrogen-bond acceptors (Lipinski definition) is 4. The van der Waals surface area contributed by atoms with Crippen molar-refractivity contribution >= 4 is 5.69 Å². The predicted octanol–water partition coefficient (Wildman–Crippen LogP) is 2.05. The summed E-state index contributed by atoms with van der Waals surface area (Å²) in [4.78, 5) is 0. The third-order valence-corrected chi connectivity index (χ3v) is 2.93. The zero-order valence-electron chi connectivity index (χ0n) is 10.9. The van der Waals surface area contributed by atoms with Crippen LogP contribution in [0.5, 0.6) is 0 Å². The van der Waals surface area contributed by atoms with Gasteiger partial charge in [0.05, 0.1) is 32.5 Å². The Morgan fingerprint density at radius 3 is 3.11 bits per heavy atom. The van der Waals surface area contributed by atoms with Gasteiger partial charge < -0.3 is 19.5 Å². The molecule has 0 bridgehead atoms. The normalized spacial score (nSPS) is 19.1. The highest BCUT2D eigenvalue weighted by Crippen LogP contribution is 2.16. The second-order valence-electron chi connectivity index (χ2n) is 4.45. The van der Waals surface area contributed by atoms with Gasteiger partial charge in [0, 0.05) is 19.4 Å². The Balaban J connectivity index is 1.80. The summed E-state index contributed by atoms with van der Waals surface area (Å²) in [6, 6.07) is 8.77. The molecule has 0 radical (unpaired) electrons. The molecule has 1 aliphatic rings. The summed E-state index contributed by atoms with van der Waals surface area (Å²) in [6.07, 6.45) is 1.08. The number of rotatable bonds is 7. The fourth-order valence-electron chi connectivity index (χ4n) is 1.97. The van der Waals surface area contributed by atoms with Crippen LogP contribution in [0.1, 0.15) is 12.0 Å². The first-order valence-corrected chi connectivity index (χ1v) is 6.38. The fourth-order valence-corrected chi connectivity index (χ4v) is 1.97. The lowest BCUT2D eigenvalue weighted by Gasteiger charge is -2.13. The van der Waals surface area contributed by atoms with Crippen LogP contribution in [-0.4, -0.2) is 39.6 Å². The molecule has 100 valence electrons. The Morgan fingerprint density at radius 1 is 1.39 bits per heavy atom. The van der Waals surface area contributed by atoms with Crippen LogP contribution >= 0.6 is 0 Å². The lowest BCUT2D eigenvalue weighted by Crippen LogP contribution is -2.18. The van der Waals surface area contributed by atoms with Crippen molar-refractivity contribution in [1.82, 2.24) is 0 Å². The lowest BCUT2D eigenvalue weighted by atomic mass is 10.2. The van der Waals surface area contributed by atoms with Crippen molar-refractivity contribution in [2.24, 2.45) is 0 Å². The molecule has 1 saturated heterocycles. The molecule has 1 aromatic carbocycles. The van der Waals surface area contributed by atoms with E-state index in [1.54, 1.807) is 7.11 Å². The zero-order chi connectivity index (χ0) is 12.6. The molecule has 1 N–H and O–H groups in total. The fraction of sp³-hybridized carbons (Fsp3) is 0.571. The molecule has 18 heavy (non-hydrogen) atoms. The summed E-state index contributed by atoms with van der Waals surface area (Å²) in [5.74, 6) is 0. The molecule has 0 aromatic heterocycles. The molecule has 0 saturated carbocycles. The Hall–Kier alpha value is -1.10. The van der Waals surface area contributed by atoms with Gasteiger partial charge in [0.15, 0.2) is 0 Å². The van der Waals surface area contributed by atoms with E-state index in [4.69, 9.17) is 14.2 Å². The van der Waals surface area contributed by atoms with Crippen molar-refractivity contribution in [1.29, 1.82) is 0 Å². The Morgan fingerprint density at radius 2 is 2.33 bits per heavy atom. The molecule has 1 heterocycles. The summed E-state index contributed by atoms with van der Waals surface area (Å²) in [6.45, 7) is 3.55. The van der Waals surface area contributed by atoms with Crippen LogP contribution in [0.2, 0.25) is 0 Å². The van der Waals surface area contributed by atoms with Gasteiger partial charge in [-0.15, -0.1) is 0 Å². The average Bonchev–Trinajstić information content (AvgIpc) is 2.88. The maximum absolute atomic E-state index is 5.51. The van der Waals surface area contributed by atoms with Gasteiger partial charge in [0.25, 0.3) is 0 Å². The van der Waals surface area contributed by atoms with Gasteiger partial charge in [-0.1, -0.05) is 12.1 Å². The third kappa shape index (κ3) is 4.29. The second kappa shape index (κ2) is 7.36. The van der Waals surface area contributed by atoms with E-state index < -0.39 is 0 Å². The Labute approximate surface area is 108 Å². The topological polar surface area (TPSA) is 39.7 Å². The SMILES string of the molecule is COCCOCc1cccc(NC2CCOC2)c1. The van der Waals surface area contributed by atoms with Crippen LogP contribution < -0.4 is 5.32 Å². The second-order valence-corrected chi connectivity index (χ2v) is 4.45. The van der Waals surface area contributed by atoms with Gasteiger partial charge >= 0.3 is 0 Å². The standard InChI is InChI=1S/C14H21NO3/c1-16-7-8-18-10-12-3-2-4-13(9-12)15-14-5-6-17-11-14/h2-4,9,14-15H,5-8,10-11H2,1H3. The third-order valence-electron chi connectivity index (χ3n) is 2.93. The molecule has 0 aliphatic carbocycles. The summed E-state index contributed by atoms with van der Waals surface area (Å²) < 4.78 is 15.8. The highest BCUT2D eigenvalue weighted by atomic mass is 16.5. The monoisotopic (exact) mass is 251 g/mol. The summed E-state index contributed by atoms with van der Waals surface area (Å²) in [7, 11) is 1.68. The van der Waals surface area contributed by atoms with Crippen molar-refractivity contribution < 1.29 is 14.2 Å². The molecule has 1 aromatic rings. The summed E-state index contributed by atoms with van der Waals surface area (Å²) in [5.41, 5.74) is 2.31. The van der Waals surface area contributed by atoms with Gasteiger partial charge in [-0.2, -0.15) is 0 Å². The molecule has 1 atom stereocenters. The van der Waals surface area contributed by atoms with Gasteiger partial charge in [-0.05, 0) is 24.1 Å². The number of benzene rings is 1. The first-order chi connectivity index (χ1) is 8.88. The molecule has 0 amide bonds. The molecule has 2 rings (SSSR count). The highest BCUT2D eigenvalue weighted by Gasteiger charge is 2.14. The number of hydrogen-bond donors (Lipinski definition) is 1. The van der Waals surface area contributed by atoms with Crippen molar-refractivity contribution in [2.45, 2.75) is 19.1 Å². The number of anilines is 1. The van der Waals surface area contributed by atoms with Crippen LogP contribution in [-0.2, 0) is 20.8 Å². The first-order valence-electron chi connectivity index (χ1n) is 6.38. The Bertz CT molecular complexity index is 351. The smallest absolute Gasteiger partial charge is 0.0718 e. The van der Waals surface area contributed by atoms with Crippen LogP contribution in [0.3, 0.4) is 0 Å². The first kappa shape index (κ1) is 13.3. The van der Waals surface area contributed by atoms with E-state index in [-0.39, 0.29) is 0 Å². The molecule has 4 heteroatoms. The van der Waals surface area contributed by atoms with Crippen molar-refractivity contribution in [3.05, 3.63) is 29.8 Å². The molecular weight excluding hydrogens is 230 g/mol. The number of ether oxygens (including phenoxy) is 3. The van der Waals surface area contributed by atoms with Crippen LogP contribution in [0, 0.1) is 0 Å². The van der Waals surface area contributed by atoms with E-state index >= 15 is 0 Å². The molecule has 0 spiro atoms. The molecule has 1 aliphatic heterocycles. The highest BCUT2D eigenvalue weighted by molar-refractivity contribution is 5.46. The van der Waals surface area contributed by atoms with E-state index in [1.807, 2.05) is 6.07 Å². The minimum Gasteiger partial charge on any atom is -0.382 e. The summed E-state index contributed by atoms with van der Waals surface area (Å²) in [5, 5.41) is 3.48. The maximum Gasteiger partial charge on any atom is 0.0718 e. The Kier molecular flexibility index (Phi) is 5.45. The quantitative estimate of drug-likeness (QED) is 0.753. The van der Waals surface area contributed by atoms with Crippen LogP contribution in [0.4, 0.5) is 5.69 Å². The molecule has 1 fully saturated rings. The van der Waals surface area contributed by atoms with Crippen molar-refractivity contribution in [3.63, 3.8) is 0 Å². The van der Waals surface area contributed by atoms with E-state index in [2.05, 4.69) is 23.5 Å². The lowest BCUT2D eigenvalue weighted by molar-refractivity contribution is 0.0617. The van der Waals surface area contributed by atoms with E-state index in [9.17, 15) is 0 Å². The van der Waals surface area contributed by atoms with E-state index in [1.165, 1.54) is 5.56 Å². The minimum atomic E-state index is 0.439. The van der Waals surface area contributed by atoms with Crippen molar-refractivity contribution in [2.75, 3.05) is 38.9 Å². The van der Waals surface area contributed by atoms with Gasteiger partial charge in [0.1, 0.15) is 0 Å². The van der Waals surface area contributed by atoms with E-state index in [0.29, 0.717) is 25.9 Å². The predicted molar refractivity (Wildman–Crippen MR) is 70.8 cm³/mol. The van der Waals surface area contributed by atoms with Crippen LogP contribution in [0.15, 0.2) is 24.3 Å².